The third-order valence-corrected chi connectivity index (χ3v) is 5.41. The van der Waals surface area contributed by atoms with E-state index in [4.69, 9.17) is 4.52 Å². The highest BCUT2D eigenvalue weighted by atomic mass is 16.5. The van der Waals surface area contributed by atoms with E-state index in [1.165, 1.54) is 5.56 Å². The summed E-state index contributed by atoms with van der Waals surface area (Å²) in [7, 11) is 0. The van der Waals surface area contributed by atoms with Gasteiger partial charge >= 0.3 is 0 Å². The second-order valence-corrected chi connectivity index (χ2v) is 7.52. The topological polar surface area (TPSA) is 59.2 Å². The highest BCUT2D eigenvalue weighted by molar-refractivity contribution is 5.76. The van der Waals surface area contributed by atoms with E-state index in [2.05, 4.69) is 41.3 Å². The molecule has 3 aromatic rings. The van der Waals surface area contributed by atoms with E-state index >= 15 is 0 Å². The summed E-state index contributed by atoms with van der Waals surface area (Å²) in [6.07, 6.45) is 3.09. The first-order chi connectivity index (χ1) is 13.7. The number of carbonyl (C=O) groups is 1. The maximum absolute atomic E-state index is 12.4. The van der Waals surface area contributed by atoms with Crippen molar-refractivity contribution in [3.63, 3.8) is 0 Å². The zero-order valence-electron chi connectivity index (χ0n) is 16.2. The van der Waals surface area contributed by atoms with Gasteiger partial charge in [-0.25, -0.2) is 0 Å². The van der Waals surface area contributed by atoms with Gasteiger partial charge in [0.25, 0.3) is 0 Å². The number of aryl methyl sites for hydroxylation is 1. The molecule has 1 saturated heterocycles. The number of benzene rings is 2. The average molecular weight is 375 g/mol. The Labute approximate surface area is 165 Å². The summed E-state index contributed by atoms with van der Waals surface area (Å²) in [6, 6.07) is 18.3. The first-order valence-electron chi connectivity index (χ1n) is 9.95. The van der Waals surface area contributed by atoms with Crippen molar-refractivity contribution in [3.8, 4) is 22.5 Å². The minimum Gasteiger partial charge on any atom is -0.343 e. The number of hydrogen-bond acceptors (Lipinski definition) is 4. The summed E-state index contributed by atoms with van der Waals surface area (Å²) in [4.78, 5) is 18.8. The maximum atomic E-state index is 12.4. The molecule has 0 spiro atoms. The Morgan fingerprint density at radius 3 is 2.36 bits per heavy atom. The molecule has 2 heterocycles. The second kappa shape index (κ2) is 8.38. The average Bonchev–Trinajstić information content (AvgIpc) is 3.22. The van der Waals surface area contributed by atoms with Crippen molar-refractivity contribution in [1.82, 2.24) is 15.0 Å². The lowest BCUT2D eigenvalue weighted by Crippen LogP contribution is -2.38. The Morgan fingerprint density at radius 2 is 1.64 bits per heavy atom. The Balaban J connectivity index is 1.36. The summed E-state index contributed by atoms with van der Waals surface area (Å²) < 4.78 is 5.36. The normalized spacial score (nSPS) is 15.0. The predicted molar refractivity (Wildman–Crippen MR) is 108 cm³/mol. The highest BCUT2D eigenvalue weighted by Gasteiger charge is 2.20. The largest absolute Gasteiger partial charge is 0.343 e. The van der Waals surface area contributed by atoms with Crippen LogP contribution in [-0.2, 0) is 11.2 Å². The third-order valence-electron chi connectivity index (χ3n) is 5.41. The van der Waals surface area contributed by atoms with Crippen LogP contribution in [0.1, 0.15) is 32.1 Å². The number of amides is 1. The molecule has 1 aromatic heterocycles. The zero-order valence-corrected chi connectivity index (χ0v) is 16.2. The Hall–Kier alpha value is -2.95. The summed E-state index contributed by atoms with van der Waals surface area (Å²) in [6.45, 7) is 3.97. The van der Waals surface area contributed by atoms with Crippen molar-refractivity contribution in [2.45, 2.75) is 32.6 Å². The van der Waals surface area contributed by atoms with Crippen LogP contribution < -0.4 is 0 Å². The van der Waals surface area contributed by atoms with E-state index in [0.717, 1.165) is 43.0 Å². The SMILES string of the molecule is CC1CCN(C(=O)CCc2nc(-c3ccc(-c4ccccc4)cc3)no2)CC1. The lowest BCUT2D eigenvalue weighted by atomic mass is 9.99. The number of piperidine rings is 1. The van der Waals surface area contributed by atoms with Crippen molar-refractivity contribution in [2.75, 3.05) is 13.1 Å². The molecule has 1 amide bonds. The molecule has 0 radical (unpaired) electrons. The monoisotopic (exact) mass is 375 g/mol. The van der Waals surface area contributed by atoms with Gasteiger partial charge in [0.2, 0.25) is 17.6 Å². The Kier molecular flexibility index (Phi) is 5.51. The first-order valence-corrected chi connectivity index (χ1v) is 9.95. The quantitative estimate of drug-likeness (QED) is 0.654. The van der Waals surface area contributed by atoms with Crippen LogP contribution in [0.5, 0.6) is 0 Å². The van der Waals surface area contributed by atoms with Gasteiger partial charge in [0, 0.05) is 31.5 Å². The minimum absolute atomic E-state index is 0.180. The molecule has 1 aliphatic heterocycles. The molecular weight excluding hydrogens is 350 g/mol. The van der Waals surface area contributed by atoms with Crippen molar-refractivity contribution in [2.24, 2.45) is 5.92 Å². The molecule has 28 heavy (non-hydrogen) atoms. The van der Waals surface area contributed by atoms with E-state index in [0.29, 0.717) is 24.6 Å². The van der Waals surface area contributed by atoms with E-state index < -0.39 is 0 Å². The van der Waals surface area contributed by atoms with Crippen molar-refractivity contribution in [3.05, 3.63) is 60.5 Å². The number of carbonyl (C=O) groups excluding carboxylic acids is 1. The Morgan fingerprint density at radius 1 is 1.00 bits per heavy atom. The van der Waals surface area contributed by atoms with Gasteiger partial charge < -0.3 is 9.42 Å². The fourth-order valence-electron chi connectivity index (χ4n) is 3.55. The molecule has 0 aliphatic carbocycles. The van der Waals surface area contributed by atoms with Gasteiger partial charge in [-0.15, -0.1) is 0 Å². The third kappa shape index (κ3) is 4.30. The Bertz CT molecular complexity index is 911. The first kappa shape index (κ1) is 18.4. The standard InChI is InChI=1S/C23H25N3O2/c1-17-13-15-26(16-14-17)22(27)12-11-21-24-23(25-28-21)20-9-7-19(8-10-20)18-5-3-2-4-6-18/h2-10,17H,11-16H2,1H3. The van der Waals surface area contributed by atoms with Crippen LogP contribution >= 0.6 is 0 Å². The van der Waals surface area contributed by atoms with Crippen LogP contribution in [0, 0.1) is 5.92 Å². The van der Waals surface area contributed by atoms with Crippen LogP contribution in [0.4, 0.5) is 0 Å². The molecule has 0 atom stereocenters. The predicted octanol–water partition coefficient (Wildman–Crippen LogP) is 4.59. The van der Waals surface area contributed by atoms with Gasteiger partial charge in [0.05, 0.1) is 0 Å². The lowest BCUT2D eigenvalue weighted by Gasteiger charge is -2.30. The molecule has 5 nitrogen and oxygen atoms in total. The van der Waals surface area contributed by atoms with Crippen molar-refractivity contribution < 1.29 is 9.32 Å². The van der Waals surface area contributed by atoms with Crippen molar-refractivity contribution >= 4 is 5.91 Å². The van der Waals surface area contributed by atoms with E-state index in [1.807, 2.05) is 35.2 Å². The smallest absolute Gasteiger partial charge is 0.227 e. The highest BCUT2D eigenvalue weighted by Crippen LogP contribution is 2.23. The molecule has 5 heteroatoms. The molecule has 0 N–H and O–H groups in total. The lowest BCUT2D eigenvalue weighted by molar-refractivity contribution is -0.132. The van der Waals surface area contributed by atoms with Gasteiger partial charge in [-0.3, -0.25) is 4.79 Å². The van der Waals surface area contributed by atoms with E-state index in [-0.39, 0.29) is 5.91 Å². The molecule has 0 unspecified atom stereocenters. The zero-order chi connectivity index (χ0) is 19.3. The molecule has 1 fully saturated rings. The number of aromatic nitrogens is 2. The minimum atomic E-state index is 0.180. The van der Waals surface area contributed by atoms with E-state index in [1.54, 1.807) is 0 Å². The van der Waals surface area contributed by atoms with Crippen LogP contribution in [0.2, 0.25) is 0 Å². The number of likely N-dealkylation sites (tertiary alicyclic amines) is 1. The summed E-state index contributed by atoms with van der Waals surface area (Å²) >= 11 is 0. The van der Waals surface area contributed by atoms with Crippen molar-refractivity contribution in [1.29, 1.82) is 0 Å². The van der Waals surface area contributed by atoms with Crippen LogP contribution in [0.3, 0.4) is 0 Å². The molecular formula is C23H25N3O2. The van der Waals surface area contributed by atoms with Crippen LogP contribution in [-0.4, -0.2) is 34.0 Å². The number of rotatable bonds is 5. The molecule has 0 saturated carbocycles. The molecule has 4 rings (SSSR count). The fraction of sp³-hybridized carbons (Fsp3) is 0.348. The summed E-state index contributed by atoms with van der Waals surface area (Å²) in [5.74, 6) is 1.98. The van der Waals surface area contributed by atoms with Gasteiger partial charge in [-0.05, 0) is 29.9 Å². The van der Waals surface area contributed by atoms with Crippen LogP contribution in [0.15, 0.2) is 59.1 Å². The van der Waals surface area contributed by atoms with Gasteiger partial charge in [0.15, 0.2) is 0 Å². The molecule has 0 bridgehead atoms. The van der Waals surface area contributed by atoms with Gasteiger partial charge in [-0.1, -0.05) is 66.7 Å². The summed E-state index contributed by atoms with van der Waals surface area (Å²) in [5.41, 5.74) is 3.23. The molecule has 2 aromatic carbocycles. The van der Waals surface area contributed by atoms with E-state index in [9.17, 15) is 4.79 Å². The van der Waals surface area contributed by atoms with Crippen LogP contribution in [0.25, 0.3) is 22.5 Å². The molecule has 144 valence electrons. The molecule has 1 aliphatic rings. The van der Waals surface area contributed by atoms with Gasteiger partial charge in [0.1, 0.15) is 0 Å². The maximum Gasteiger partial charge on any atom is 0.227 e. The van der Waals surface area contributed by atoms with Gasteiger partial charge in [-0.2, -0.15) is 4.98 Å². The number of hydrogen-bond donors (Lipinski definition) is 0. The number of nitrogens with zero attached hydrogens (tertiary/aromatic N) is 3. The second-order valence-electron chi connectivity index (χ2n) is 7.52. The fourth-order valence-corrected chi connectivity index (χ4v) is 3.55. The summed E-state index contributed by atoms with van der Waals surface area (Å²) in [5, 5.41) is 4.08.